The van der Waals surface area contributed by atoms with E-state index in [2.05, 4.69) is 15.0 Å². The van der Waals surface area contributed by atoms with Crippen molar-refractivity contribution in [3.63, 3.8) is 0 Å². The quantitative estimate of drug-likeness (QED) is 0.473. The zero-order chi connectivity index (χ0) is 19.2. The van der Waals surface area contributed by atoms with Gasteiger partial charge in [0.05, 0.1) is 11.2 Å². The molecule has 0 radical (unpaired) electrons. The highest BCUT2D eigenvalue weighted by molar-refractivity contribution is 7.89. The average Bonchev–Trinajstić information content (AvgIpc) is 3.24. The Balaban J connectivity index is 1.65. The summed E-state index contributed by atoms with van der Waals surface area (Å²) in [6, 6.07) is 6.73. The molecule has 27 heavy (non-hydrogen) atoms. The lowest BCUT2D eigenvalue weighted by Gasteiger charge is -2.24. The van der Waals surface area contributed by atoms with Gasteiger partial charge in [0, 0.05) is 19.1 Å². The Morgan fingerprint density at radius 3 is 2.67 bits per heavy atom. The van der Waals surface area contributed by atoms with Gasteiger partial charge in [0.25, 0.3) is 0 Å². The summed E-state index contributed by atoms with van der Waals surface area (Å²) < 4.78 is 29.5. The maximum absolute atomic E-state index is 13.1. The van der Waals surface area contributed by atoms with Crippen molar-refractivity contribution in [1.82, 2.24) is 23.8 Å². The molecule has 0 bridgehead atoms. The topological polar surface area (TPSA) is 81.0 Å². The highest BCUT2D eigenvalue weighted by Crippen LogP contribution is 2.28. The fourth-order valence-corrected chi connectivity index (χ4v) is 5.51. The Kier molecular flexibility index (Phi) is 4.84. The number of imidazole rings is 1. The van der Waals surface area contributed by atoms with Gasteiger partial charge in [0.2, 0.25) is 15.3 Å². The molecule has 7 nitrogen and oxygen atoms in total. The average molecular weight is 426 g/mol. The van der Waals surface area contributed by atoms with Crippen LogP contribution in [0.15, 0.2) is 35.5 Å². The first kappa shape index (κ1) is 18.6. The molecule has 4 rings (SSSR count). The number of fused-ring (bicyclic) bond motifs is 1. The molecule has 1 atom stereocenters. The molecule has 0 spiro atoms. The second kappa shape index (κ2) is 7.01. The minimum absolute atomic E-state index is 0.0322. The van der Waals surface area contributed by atoms with Crippen molar-refractivity contribution in [2.75, 3.05) is 6.54 Å². The van der Waals surface area contributed by atoms with Crippen LogP contribution < -0.4 is 0 Å². The van der Waals surface area contributed by atoms with Gasteiger partial charge in [-0.2, -0.15) is 9.29 Å². The van der Waals surface area contributed by atoms with Crippen molar-refractivity contribution >= 4 is 44.4 Å². The predicted octanol–water partition coefficient (Wildman–Crippen LogP) is 3.29. The fraction of sp³-hybridized carbons (Fsp3) is 0.353. The van der Waals surface area contributed by atoms with Crippen molar-refractivity contribution < 1.29 is 8.42 Å². The number of aromatic nitrogens is 4. The first-order valence-electron chi connectivity index (χ1n) is 8.48. The van der Waals surface area contributed by atoms with Gasteiger partial charge < -0.3 is 4.57 Å². The first-order valence-corrected chi connectivity index (χ1v) is 10.7. The van der Waals surface area contributed by atoms with Crippen molar-refractivity contribution in [2.45, 2.75) is 37.2 Å². The largest absolute Gasteiger partial charge is 0.313 e. The molecule has 3 heterocycles. The number of hydrogen-bond donors (Lipinski definition) is 0. The number of nitrogens with zero attached hydrogens (tertiary/aromatic N) is 5. The third-order valence-electron chi connectivity index (χ3n) is 4.75. The summed E-state index contributed by atoms with van der Waals surface area (Å²) in [4.78, 5) is 12.6. The van der Waals surface area contributed by atoms with E-state index in [0.717, 1.165) is 18.4 Å². The summed E-state index contributed by atoms with van der Waals surface area (Å²) in [6.07, 6.45) is 3.16. The molecule has 0 unspecified atom stereocenters. The second-order valence-corrected chi connectivity index (χ2v) is 9.16. The standard InChI is InChI=1S/C17H17Cl2N5O2S/c1-11-4-6-13(7-5-11)27(25,26)24-8-2-3-12(24)9-23-10-20-14-15(18)21-17(19)22-16(14)23/h4-7,10,12H,2-3,8-9H2,1H3/t12-/m0/s1. The van der Waals surface area contributed by atoms with Crippen LogP contribution in [0.1, 0.15) is 18.4 Å². The molecule has 2 aromatic heterocycles. The SMILES string of the molecule is Cc1ccc(S(=O)(=O)N2CCC[C@H]2Cn2cnc3c(Cl)nc(Cl)nc32)cc1. The van der Waals surface area contributed by atoms with Gasteiger partial charge in [-0.05, 0) is 43.5 Å². The van der Waals surface area contributed by atoms with Crippen molar-refractivity contribution in [3.05, 3.63) is 46.6 Å². The lowest BCUT2D eigenvalue weighted by atomic mass is 10.2. The Labute approximate surface area is 167 Å². The van der Waals surface area contributed by atoms with Crippen LogP contribution in [0.4, 0.5) is 0 Å². The normalized spacial score (nSPS) is 18.4. The lowest BCUT2D eigenvalue weighted by molar-refractivity contribution is 0.354. The molecule has 0 saturated carbocycles. The van der Waals surface area contributed by atoms with Crippen LogP contribution in [-0.2, 0) is 16.6 Å². The molecule has 1 aliphatic heterocycles. The van der Waals surface area contributed by atoms with Crippen LogP contribution in [0.2, 0.25) is 10.4 Å². The van der Waals surface area contributed by atoms with E-state index in [1.807, 2.05) is 19.1 Å². The third kappa shape index (κ3) is 3.42. The molecule has 0 amide bonds. The zero-order valence-electron chi connectivity index (χ0n) is 14.5. The third-order valence-corrected chi connectivity index (χ3v) is 7.15. The molecule has 1 aromatic carbocycles. The van der Waals surface area contributed by atoms with Gasteiger partial charge in [0.15, 0.2) is 10.8 Å². The molecule has 142 valence electrons. The van der Waals surface area contributed by atoms with E-state index in [9.17, 15) is 8.42 Å². The second-order valence-electron chi connectivity index (χ2n) is 6.58. The van der Waals surface area contributed by atoms with Gasteiger partial charge in [-0.3, -0.25) is 0 Å². The van der Waals surface area contributed by atoms with Gasteiger partial charge in [0.1, 0.15) is 5.52 Å². The maximum Gasteiger partial charge on any atom is 0.243 e. The molecule has 3 aromatic rings. The summed E-state index contributed by atoms with van der Waals surface area (Å²) in [5, 5.41) is 0.212. The monoisotopic (exact) mass is 425 g/mol. The van der Waals surface area contributed by atoms with E-state index in [1.165, 1.54) is 0 Å². The molecule has 10 heteroatoms. The Hall–Kier alpha value is -1.74. The summed E-state index contributed by atoms with van der Waals surface area (Å²) in [5.41, 5.74) is 1.97. The van der Waals surface area contributed by atoms with E-state index < -0.39 is 10.0 Å². The van der Waals surface area contributed by atoms with Crippen LogP contribution in [0.3, 0.4) is 0 Å². The van der Waals surface area contributed by atoms with E-state index in [-0.39, 0.29) is 16.5 Å². The number of sulfonamides is 1. The molecule has 0 aliphatic carbocycles. The van der Waals surface area contributed by atoms with Gasteiger partial charge in [-0.15, -0.1) is 0 Å². The summed E-state index contributed by atoms with van der Waals surface area (Å²) in [6.45, 7) is 2.84. The smallest absolute Gasteiger partial charge is 0.243 e. The van der Waals surface area contributed by atoms with Crippen molar-refractivity contribution in [2.24, 2.45) is 0 Å². The fourth-order valence-electron chi connectivity index (χ4n) is 3.40. The number of rotatable bonds is 4. The van der Waals surface area contributed by atoms with E-state index in [1.54, 1.807) is 27.3 Å². The van der Waals surface area contributed by atoms with Crippen LogP contribution in [0.25, 0.3) is 11.2 Å². The van der Waals surface area contributed by atoms with Crippen LogP contribution in [0, 0.1) is 6.92 Å². The molecular weight excluding hydrogens is 409 g/mol. The molecular formula is C17H17Cl2N5O2S. The minimum atomic E-state index is -3.56. The summed E-state index contributed by atoms with van der Waals surface area (Å²) in [5.74, 6) is 0. The van der Waals surface area contributed by atoms with Gasteiger partial charge >= 0.3 is 0 Å². The first-order chi connectivity index (χ1) is 12.9. The molecule has 1 fully saturated rings. The summed E-state index contributed by atoms with van der Waals surface area (Å²) in [7, 11) is -3.56. The Morgan fingerprint density at radius 1 is 1.19 bits per heavy atom. The van der Waals surface area contributed by atoms with Crippen molar-refractivity contribution in [1.29, 1.82) is 0 Å². The van der Waals surface area contributed by atoms with E-state index in [0.29, 0.717) is 29.1 Å². The van der Waals surface area contributed by atoms with Gasteiger partial charge in [-0.1, -0.05) is 29.3 Å². The molecule has 1 saturated heterocycles. The molecule has 1 aliphatic rings. The highest BCUT2D eigenvalue weighted by atomic mass is 35.5. The Bertz CT molecular complexity index is 1100. The highest BCUT2D eigenvalue weighted by Gasteiger charge is 2.35. The minimum Gasteiger partial charge on any atom is -0.313 e. The number of aryl methyl sites for hydroxylation is 1. The van der Waals surface area contributed by atoms with Crippen molar-refractivity contribution in [3.8, 4) is 0 Å². The van der Waals surface area contributed by atoms with Crippen LogP contribution >= 0.6 is 23.2 Å². The zero-order valence-corrected chi connectivity index (χ0v) is 16.8. The predicted molar refractivity (Wildman–Crippen MR) is 103 cm³/mol. The number of hydrogen-bond acceptors (Lipinski definition) is 5. The Morgan fingerprint density at radius 2 is 1.93 bits per heavy atom. The molecule has 0 N–H and O–H groups in total. The van der Waals surface area contributed by atoms with E-state index in [4.69, 9.17) is 23.2 Å². The number of benzene rings is 1. The number of halogens is 2. The maximum atomic E-state index is 13.1. The van der Waals surface area contributed by atoms with Crippen LogP contribution in [-0.4, -0.2) is 44.8 Å². The van der Waals surface area contributed by atoms with Gasteiger partial charge in [-0.25, -0.2) is 18.4 Å². The lowest BCUT2D eigenvalue weighted by Crippen LogP contribution is -2.38. The van der Waals surface area contributed by atoms with E-state index >= 15 is 0 Å². The summed E-state index contributed by atoms with van der Waals surface area (Å²) >= 11 is 12.0. The van der Waals surface area contributed by atoms with Crippen LogP contribution in [0.5, 0.6) is 0 Å².